The van der Waals surface area contributed by atoms with E-state index in [1.807, 2.05) is 37.3 Å². The molecule has 1 amide bonds. The smallest absolute Gasteiger partial charge is 0.250 e. The minimum absolute atomic E-state index is 0.0198. The Labute approximate surface area is 129 Å². The normalized spacial score (nSPS) is 17.6. The van der Waals surface area contributed by atoms with Crippen LogP contribution >= 0.6 is 0 Å². The highest BCUT2D eigenvalue weighted by atomic mass is 16.1. The number of aromatic nitrogens is 1. The van der Waals surface area contributed by atoms with Gasteiger partial charge in [0.2, 0.25) is 5.91 Å². The molecule has 2 heterocycles. The zero-order valence-electron chi connectivity index (χ0n) is 12.7. The zero-order chi connectivity index (χ0) is 15.7. The van der Waals surface area contributed by atoms with Crippen LogP contribution in [0.15, 0.2) is 47.4 Å². The van der Waals surface area contributed by atoms with E-state index in [4.69, 9.17) is 0 Å². The lowest BCUT2D eigenvalue weighted by atomic mass is 10.1. The number of pyridine rings is 1. The van der Waals surface area contributed by atoms with Crippen molar-refractivity contribution in [3.05, 3.63) is 58.5 Å². The molecule has 5 heteroatoms. The summed E-state index contributed by atoms with van der Waals surface area (Å²) in [6.07, 6.45) is 2.20. The number of nitrogens with zero attached hydrogens (tertiary/aromatic N) is 2. The maximum absolute atomic E-state index is 12.0. The second kappa shape index (κ2) is 5.67. The molecule has 0 spiro atoms. The summed E-state index contributed by atoms with van der Waals surface area (Å²) in [5, 5.41) is 2.94. The molecule has 0 saturated heterocycles. The minimum Gasteiger partial charge on any atom is -0.362 e. The van der Waals surface area contributed by atoms with Gasteiger partial charge in [-0.05, 0) is 30.7 Å². The summed E-state index contributed by atoms with van der Waals surface area (Å²) in [4.78, 5) is 25.9. The van der Waals surface area contributed by atoms with Gasteiger partial charge in [0, 0.05) is 38.3 Å². The summed E-state index contributed by atoms with van der Waals surface area (Å²) >= 11 is 0. The van der Waals surface area contributed by atoms with E-state index in [0.29, 0.717) is 13.0 Å². The van der Waals surface area contributed by atoms with E-state index in [9.17, 15) is 9.59 Å². The van der Waals surface area contributed by atoms with Crippen LogP contribution in [0.3, 0.4) is 0 Å². The van der Waals surface area contributed by atoms with Gasteiger partial charge in [-0.1, -0.05) is 12.1 Å². The number of carbonyl (C=O) groups excluding carboxylic acids is 1. The highest BCUT2D eigenvalue weighted by Crippen LogP contribution is 2.32. The third-order valence-corrected chi connectivity index (χ3v) is 4.02. The molecular weight excluding hydrogens is 278 g/mol. The number of amides is 1. The molecule has 0 saturated carbocycles. The first-order chi connectivity index (χ1) is 10.5. The molecule has 1 aromatic heterocycles. The van der Waals surface area contributed by atoms with Crippen LogP contribution in [-0.2, 0) is 18.4 Å². The fourth-order valence-electron chi connectivity index (χ4n) is 2.77. The molecular formula is C17H19N3O2. The van der Waals surface area contributed by atoms with Crippen LogP contribution in [-0.4, -0.2) is 16.5 Å². The van der Waals surface area contributed by atoms with Crippen molar-refractivity contribution >= 4 is 17.3 Å². The number of anilines is 2. The van der Waals surface area contributed by atoms with Crippen LogP contribution in [0.25, 0.3) is 0 Å². The maximum atomic E-state index is 12.0. The maximum Gasteiger partial charge on any atom is 0.250 e. The SMILES string of the molecule is CC1CC(=O)Nc2ccccc2N1Cc1ccn(C)c(=O)c1. The Balaban J connectivity index is 1.98. The van der Waals surface area contributed by atoms with E-state index < -0.39 is 0 Å². The largest absolute Gasteiger partial charge is 0.362 e. The Hall–Kier alpha value is -2.56. The average Bonchev–Trinajstić information content (AvgIpc) is 2.60. The predicted octanol–water partition coefficient (Wildman–Crippen LogP) is 2.12. The zero-order valence-corrected chi connectivity index (χ0v) is 12.7. The van der Waals surface area contributed by atoms with Crippen molar-refractivity contribution in [3.8, 4) is 0 Å². The van der Waals surface area contributed by atoms with E-state index >= 15 is 0 Å². The van der Waals surface area contributed by atoms with Gasteiger partial charge in [-0.25, -0.2) is 0 Å². The van der Waals surface area contributed by atoms with Crippen LogP contribution in [0.1, 0.15) is 18.9 Å². The fourth-order valence-corrected chi connectivity index (χ4v) is 2.77. The topological polar surface area (TPSA) is 54.3 Å². The number of benzene rings is 1. The molecule has 0 radical (unpaired) electrons. The van der Waals surface area contributed by atoms with Gasteiger partial charge in [-0.3, -0.25) is 9.59 Å². The van der Waals surface area contributed by atoms with Gasteiger partial charge < -0.3 is 14.8 Å². The lowest BCUT2D eigenvalue weighted by Gasteiger charge is -2.30. The van der Waals surface area contributed by atoms with Gasteiger partial charge in [-0.15, -0.1) is 0 Å². The lowest BCUT2D eigenvalue weighted by Crippen LogP contribution is -2.33. The Morgan fingerprint density at radius 3 is 2.77 bits per heavy atom. The summed E-state index contributed by atoms with van der Waals surface area (Å²) in [5.41, 5.74) is 2.73. The number of hydrogen-bond acceptors (Lipinski definition) is 3. The van der Waals surface area contributed by atoms with Crippen molar-refractivity contribution in [1.82, 2.24) is 4.57 Å². The number of rotatable bonds is 2. The molecule has 1 atom stereocenters. The first-order valence-corrected chi connectivity index (χ1v) is 7.35. The van der Waals surface area contributed by atoms with Crippen molar-refractivity contribution < 1.29 is 4.79 Å². The van der Waals surface area contributed by atoms with Crippen molar-refractivity contribution in [2.24, 2.45) is 7.05 Å². The molecule has 1 N–H and O–H groups in total. The molecule has 5 nitrogen and oxygen atoms in total. The minimum atomic E-state index is -0.0255. The van der Waals surface area contributed by atoms with Gasteiger partial charge >= 0.3 is 0 Å². The van der Waals surface area contributed by atoms with Crippen molar-refractivity contribution in [1.29, 1.82) is 0 Å². The van der Waals surface area contributed by atoms with Gasteiger partial charge in [0.25, 0.3) is 5.56 Å². The van der Waals surface area contributed by atoms with Gasteiger partial charge in [0.1, 0.15) is 0 Å². The molecule has 0 aliphatic carbocycles. The number of fused-ring (bicyclic) bond motifs is 1. The number of carbonyl (C=O) groups is 1. The van der Waals surface area contributed by atoms with Gasteiger partial charge in [0.05, 0.1) is 11.4 Å². The highest BCUT2D eigenvalue weighted by molar-refractivity contribution is 5.96. The Morgan fingerprint density at radius 1 is 1.23 bits per heavy atom. The van der Waals surface area contributed by atoms with Crippen LogP contribution in [0.4, 0.5) is 11.4 Å². The summed E-state index contributed by atoms with van der Waals surface area (Å²) in [6, 6.07) is 11.4. The monoisotopic (exact) mass is 297 g/mol. The Kier molecular flexibility index (Phi) is 3.71. The van der Waals surface area contributed by atoms with E-state index in [2.05, 4.69) is 10.2 Å². The first-order valence-electron chi connectivity index (χ1n) is 7.35. The Morgan fingerprint density at radius 2 is 2.00 bits per heavy atom. The molecule has 1 unspecified atom stereocenters. The number of aryl methyl sites for hydroxylation is 1. The summed E-state index contributed by atoms with van der Waals surface area (Å²) < 4.78 is 1.55. The molecule has 22 heavy (non-hydrogen) atoms. The lowest BCUT2D eigenvalue weighted by molar-refractivity contribution is -0.116. The second-order valence-electron chi connectivity index (χ2n) is 5.73. The van der Waals surface area contributed by atoms with Gasteiger partial charge in [0.15, 0.2) is 0 Å². The third-order valence-electron chi connectivity index (χ3n) is 4.02. The number of hydrogen-bond donors (Lipinski definition) is 1. The molecule has 1 aliphatic heterocycles. The molecule has 2 aromatic rings. The first kappa shape index (κ1) is 14.4. The van der Waals surface area contributed by atoms with E-state index in [-0.39, 0.29) is 17.5 Å². The third kappa shape index (κ3) is 2.74. The van der Waals surface area contributed by atoms with Crippen molar-refractivity contribution in [2.45, 2.75) is 25.9 Å². The van der Waals surface area contributed by atoms with Crippen molar-refractivity contribution in [2.75, 3.05) is 10.2 Å². The standard InChI is InChI=1S/C17H19N3O2/c1-12-9-16(21)18-14-5-3-4-6-15(14)20(12)11-13-7-8-19(2)17(22)10-13/h3-8,10,12H,9,11H2,1-2H3,(H,18,21). The van der Waals surface area contributed by atoms with Crippen molar-refractivity contribution in [3.63, 3.8) is 0 Å². The summed E-state index contributed by atoms with van der Waals surface area (Å²) in [5.74, 6) is 0.0198. The van der Waals surface area contributed by atoms with Crippen LogP contribution in [0.2, 0.25) is 0 Å². The van der Waals surface area contributed by atoms with Crippen LogP contribution in [0.5, 0.6) is 0 Å². The number of para-hydroxylation sites is 2. The number of nitrogens with one attached hydrogen (secondary N) is 1. The van der Waals surface area contributed by atoms with E-state index in [0.717, 1.165) is 16.9 Å². The predicted molar refractivity (Wildman–Crippen MR) is 87.0 cm³/mol. The van der Waals surface area contributed by atoms with E-state index in [1.54, 1.807) is 23.9 Å². The second-order valence-corrected chi connectivity index (χ2v) is 5.73. The van der Waals surface area contributed by atoms with E-state index in [1.165, 1.54) is 0 Å². The molecule has 1 aliphatic rings. The summed E-state index contributed by atoms with van der Waals surface area (Å²) in [7, 11) is 1.73. The molecule has 0 fully saturated rings. The quantitative estimate of drug-likeness (QED) is 0.924. The molecule has 0 bridgehead atoms. The summed E-state index contributed by atoms with van der Waals surface area (Å²) in [6.45, 7) is 2.63. The van der Waals surface area contributed by atoms with Crippen LogP contribution < -0.4 is 15.8 Å². The molecule has 1 aromatic carbocycles. The Bertz CT molecular complexity index is 766. The highest BCUT2D eigenvalue weighted by Gasteiger charge is 2.24. The fraction of sp³-hybridized carbons (Fsp3) is 0.294. The molecule has 3 rings (SSSR count). The van der Waals surface area contributed by atoms with Gasteiger partial charge in [-0.2, -0.15) is 0 Å². The van der Waals surface area contributed by atoms with Crippen LogP contribution in [0, 0.1) is 0 Å². The molecule has 114 valence electrons. The average molecular weight is 297 g/mol.